The van der Waals surface area contributed by atoms with Crippen molar-refractivity contribution in [1.82, 2.24) is 0 Å². The van der Waals surface area contributed by atoms with Crippen LogP contribution in [-0.2, 0) is 14.2 Å². The third kappa shape index (κ3) is 3.83. The van der Waals surface area contributed by atoms with Crippen LogP contribution in [0.1, 0.15) is 12.8 Å². The van der Waals surface area contributed by atoms with E-state index in [1.165, 1.54) is 0 Å². The zero-order valence-electron chi connectivity index (χ0n) is 9.57. The molecule has 1 N–H and O–H groups in total. The van der Waals surface area contributed by atoms with Crippen molar-refractivity contribution >= 4 is 0 Å². The van der Waals surface area contributed by atoms with Gasteiger partial charge in [0.15, 0.2) is 0 Å². The number of epoxide rings is 1. The van der Waals surface area contributed by atoms with E-state index in [0.29, 0.717) is 25.2 Å². The van der Waals surface area contributed by atoms with Crippen LogP contribution in [0.25, 0.3) is 10.4 Å². The lowest BCUT2D eigenvalue weighted by atomic mass is 10.1. The topological polar surface area (TPSA) is 100.0 Å². The Labute approximate surface area is 99.3 Å². The molecule has 7 nitrogen and oxygen atoms in total. The average Bonchev–Trinajstić information content (AvgIpc) is 3.12. The van der Waals surface area contributed by atoms with Gasteiger partial charge in [-0.15, -0.1) is 0 Å². The van der Waals surface area contributed by atoms with Crippen molar-refractivity contribution in [2.45, 2.75) is 37.2 Å². The molecule has 3 aliphatic heterocycles. The van der Waals surface area contributed by atoms with Gasteiger partial charge in [-0.3, -0.25) is 0 Å². The van der Waals surface area contributed by atoms with Crippen LogP contribution in [0.3, 0.4) is 0 Å². The van der Waals surface area contributed by atoms with Crippen LogP contribution in [0.4, 0.5) is 0 Å². The molecule has 4 unspecified atom stereocenters. The minimum Gasteiger partial charge on any atom is -0.390 e. The molecule has 0 aromatic carbocycles. The summed E-state index contributed by atoms with van der Waals surface area (Å²) in [5.41, 5.74) is 8.04. The van der Waals surface area contributed by atoms with Crippen LogP contribution in [0.15, 0.2) is 5.11 Å². The van der Waals surface area contributed by atoms with E-state index in [2.05, 4.69) is 10.0 Å². The molecule has 0 aliphatic carbocycles. The number of rotatable bonds is 1. The highest BCUT2D eigenvalue weighted by Crippen LogP contribution is 2.28. The molecule has 3 heterocycles. The fourth-order valence-corrected chi connectivity index (χ4v) is 1.89. The Bertz CT molecular complexity index is 285. The molecular weight excluding hydrogens is 226 g/mol. The first-order valence-electron chi connectivity index (χ1n) is 5.84. The second-order valence-electron chi connectivity index (χ2n) is 4.28. The van der Waals surface area contributed by atoms with Crippen LogP contribution in [0, 0.1) is 0 Å². The third-order valence-electron chi connectivity index (χ3n) is 3.01. The summed E-state index contributed by atoms with van der Waals surface area (Å²) in [5, 5.41) is 12.5. The van der Waals surface area contributed by atoms with Gasteiger partial charge in [-0.25, -0.2) is 0 Å². The fraction of sp³-hybridized carbons (Fsp3) is 1.00. The summed E-state index contributed by atoms with van der Waals surface area (Å²) in [6, 6.07) is -0.293. The van der Waals surface area contributed by atoms with E-state index >= 15 is 0 Å². The summed E-state index contributed by atoms with van der Waals surface area (Å²) in [6.45, 7) is 2.59. The van der Waals surface area contributed by atoms with E-state index < -0.39 is 6.10 Å². The molecule has 3 fully saturated rings. The smallest absolute Gasteiger partial charge is 0.107 e. The number of azide groups is 1. The van der Waals surface area contributed by atoms with E-state index in [0.717, 1.165) is 19.6 Å². The summed E-state index contributed by atoms with van der Waals surface area (Å²) >= 11 is 0. The second kappa shape index (κ2) is 6.18. The largest absolute Gasteiger partial charge is 0.390 e. The Morgan fingerprint density at radius 3 is 2.47 bits per heavy atom. The minimum absolute atomic E-state index is 0.281. The summed E-state index contributed by atoms with van der Waals surface area (Å²) in [7, 11) is 0. The van der Waals surface area contributed by atoms with Crippen molar-refractivity contribution in [3.05, 3.63) is 10.4 Å². The first-order valence-corrected chi connectivity index (χ1v) is 5.84. The van der Waals surface area contributed by atoms with E-state index in [1.54, 1.807) is 0 Å². The predicted octanol–water partition coefficient (Wildman–Crippen LogP) is 0.621. The van der Waals surface area contributed by atoms with E-state index in [1.807, 2.05) is 0 Å². The Kier molecular flexibility index (Phi) is 4.58. The van der Waals surface area contributed by atoms with Crippen molar-refractivity contribution in [1.29, 1.82) is 0 Å². The summed E-state index contributed by atoms with van der Waals surface area (Å²) in [5.74, 6) is 0. The lowest BCUT2D eigenvalue weighted by molar-refractivity contribution is -0.0181. The summed E-state index contributed by atoms with van der Waals surface area (Å²) in [6.07, 6.45) is 2.17. The maximum absolute atomic E-state index is 9.11. The van der Waals surface area contributed by atoms with Gasteiger partial charge >= 0.3 is 0 Å². The molecule has 7 heteroatoms. The lowest BCUT2D eigenvalue weighted by Crippen LogP contribution is -2.34. The number of ether oxygens (including phenoxy) is 3. The maximum atomic E-state index is 9.11. The average molecular weight is 243 g/mol. The highest BCUT2D eigenvalue weighted by Gasteiger charge is 2.40. The Morgan fingerprint density at radius 1 is 1.12 bits per heavy atom. The zero-order chi connectivity index (χ0) is 12.1. The molecule has 3 rings (SSSR count). The molecule has 0 spiro atoms. The second-order valence-corrected chi connectivity index (χ2v) is 4.28. The fourth-order valence-electron chi connectivity index (χ4n) is 1.89. The predicted molar refractivity (Wildman–Crippen MR) is 58.5 cm³/mol. The van der Waals surface area contributed by atoms with Gasteiger partial charge in [-0.1, -0.05) is 5.11 Å². The molecule has 0 bridgehead atoms. The van der Waals surface area contributed by atoms with Gasteiger partial charge in [-0.05, 0) is 18.4 Å². The Morgan fingerprint density at radius 2 is 1.88 bits per heavy atom. The number of hydrogen-bond donors (Lipinski definition) is 1. The van der Waals surface area contributed by atoms with Crippen LogP contribution in [0.2, 0.25) is 0 Å². The van der Waals surface area contributed by atoms with Gasteiger partial charge in [0.1, 0.15) is 6.10 Å². The summed E-state index contributed by atoms with van der Waals surface area (Å²) < 4.78 is 15.2. The standard InChI is InChI=1S/C5H9N3O2.C5H8O2/c6-8-7-4-1-2-10-3-5(4)9;1-2-6-3-5-4(1)7-5/h4-5,9H,1-3H2;4-5H,1-3H2. The first kappa shape index (κ1) is 12.6. The van der Waals surface area contributed by atoms with E-state index in [9.17, 15) is 0 Å². The molecule has 4 atom stereocenters. The molecule has 96 valence electrons. The number of aliphatic hydroxyl groups is 1. The summed E-state index contributed by atoms with van der Waals surface area (Å²) in [4.78, 5) is 2.62. The molecule has 0 aromatic heterocycles. The van der Waals surface area contributed by atoms with Crippen LogP contribution in [0.5, 0.6) is 0 Å². The van der Waals surface area contributed by atoms with Crippen molar-refractivity contribution in [3.63, 3.8) is 0 Å². The van der Waals surface area contributed by atoms with Crippen LogP contribution < -0.4 is 0 Å². The van der Waals surface area contributed by atoms with Gasteiger partial charge in [-0.2, -0.15) is 0 Å². The number of nitrogens with zero attached hydrogens (tertiary/aromatic N) is 3. The molecule has 0 radical (unpaired) electrons. The molecule has 3 saturated heterocycles. The molecule has 17 heavy (non-hydrogen) atoms. The molecule has 0 saturated carbocycles. The Balaban J connectivity index is 0.000000134. The SMILES string of the molecule is C1CC2OC2CO1.[N-]=[N+]=NC1CCOCC1O. The van der Waals surface area contributed by atoms with Crippen molar-refractivity contribution in [2.24, 2.45) is 5.11 Å². The monoisotopic (exact) mass is 243 g/mol. The quantitative estimate of drug-likeness (QED) is 0.316. The lowest BCUT2D eigenvalue weighted by Gasteiger charge is -2.23. The molecule has 3 aliphatic rings. The van der Waals surface area contributed by atoms with Crippen molar-refractivity contribution < 1.29 is 19.3 Å². The van der Waals surface area contributed by atoms with Gasteiger partial charge in [0.05, 0.1) is 31.5 Å². The van der Waals surface area contributed by atoms with E-state index in [-0.39, 0.29) is 12.6 Å². The third-order valence-corrected chi connectivity index (χ3v) is 3.01. The molecule has 0 aromatic rings. The highest BCUT2D eigenvalue weighted by molar-refractivity contribution is 4.86. The number of hydrogen-bond acceptors (Lipinski definition) is 5. The van der Waals surface area contributed by atoms with Crippen LogP contribution in [-0.4, -0.2) is 55.9 Å². The molecule has 0 amide bonds. The van der Waals surface area contributed by atoms with Gasteiger partial charge in [0.2, 0.25) is 0 Å². The maximum Gasteiger partial charge on any atom is 0.107 e. The van der Waals surface area contributed by atoms with Gasteiger partial charge < -0.3 is 19.3 Å². The van der Waals surface area contributed by atoms with Crippen LogP contribution >= 0.6 is 0 Å². The first-order chi connectivity index (χ1) is 8.31. The van der Waals surface area contributed by atoms with Gasteiger partial charge in [0, 0.05) is 18.1 Å². The van der Waals surface area contributed by atoms with Gasteiger partial charge in [0.25, 0.3) is 0 Å². The van der Waals surface area contributed by atoms with Crippen molar-refractivity contribution in [3.8, 4) is 0 Å². The van der Waals surface area contributed by atoms with Crippen molar-refractivity contribution in [2.75, 3.05) is 26.4 Å². The normalized spacial score (nSPS) is 39.1. The van der Waals surface area contributed by atoms with E-state index in [4.69, 9.17) is 24.8 Å². The molecular formula is C10H17N3O4. The number of aliphatic hydroxyl groups excluding tert-OH is 1. The zero-order valence-corrected chi connectivity index (χ0v) is 9.57. The highest BCUT2D eigenvalue weighted by atomic mass is 16.6. The minimum atomic E-state index is -0.621. The Hall–Kier alpha value is -0.850. The number of fused-ring (bicyclic) bond motifs is 1.